The van der Waals surface area contributed by atoms with Gasteiger partial charge in [-0.1, -0.05) is 211 Å². The minimum absolute atomic E-state index is 0.282. The summed E-state index contributed by atoms with van der Waals surface area (Å²) < 4.78 is 9.84. The van der Waals surface area contributed by atoms with Crippen molar-refractivity contribution in [3.8, 4) is 22.7 Å². The quantitative estimate of drug-likeness (QED) is 0.128. The Morgan fingerprint density at radius 3 is 0.733 bits per heavy atom. The molecule has 6 heteroatoms. The molecule has 0 fully saturated rings. The predicted molar refractivity (Wildman–Crippen MR) is 364 cm³/mol. The number of fused-ring (bicyclic) bond motifs is 4. The van der Waals surface area contributed by atoms with Crippen molar-refractivity contribution < 1.29 is 0 Å². The first-order valence-corrected chi connectivity index (χ1v) is 30.0. The summed E-state index contributed by atoms with van der Waals surface area (Å²) in [7, 11) is 0. The summed E-state index contributed by atoms with van der Waals surface area (Å²) in [4.78, 5) is 5.16. The summed E-state index contributed by atoms with van der Waals surface area (Å²) in [6, 6.07) is 103. The maximum atomic E-state index is 2.58. The van der Waals surface area contributed by atoms with Gasteiger partial charge in [-0.05, 0) is 153 Å². The fraction of sp³-hybridized carbons (Fsp3) is 0.100. The number of anilines is 6. The van der Waals surface area contributed by atoms with E-state index >= 15 is 0 Å². The van der Waals surface area contributed by atoms with Crippen LogP contribution in [0.25, 0.3) is 98.7 Å². The van der Waals surface area contributed by atoms with Crippen LogP contribution in [0, 0.1) is 0 Å². The van der Waals surface area contributed by atoms with Gasteiger partial charge in [0.1, 0.15) is 23.3 Å². The van der Waals surface area contributed by atoms with E-state index in [1.807, 2.05) is 0 Å². The molecule has 414 valence electrons. The predicted octanol–water partition coefficient (Wildman–Crippen LogP) is 21.9. The first-order valence-electron chi connectivity index (χ1n) is 30.0. The molecule has 4 aromatic heterocycles. The number of para-hydroxylation sites is 8. The Bertz CT molecular complexity index is 4680. The Morgan fingerprint density at radius 1 is 0.244 bits per heavy atom. The number of hydrogen-bond acceptors (Lipinski definition) is 2. The first-order chi connectivity index (χ1) is 42.0. The molecule has 0 N–H and O–H groups in total. The van der Waals surface area contributed by atoms with Crippen molar-refractivity contribution in [2.24, 2.45) is 0 Å². The molecular weight excluding hydrogens is 1040 g/mol. The molecule has 4 heterocycles. The topological polar surface area (TPSA) is 26.2 Å². The minimum atomic E-state index is -0.282. The molecule has 86 heavy (non-hydrogen) atoms. The van der Waals surface area contributed by atoms with Gasteiger partial charge in [0.2, 0.25) is 0 Å². The molecule has 6 nitrogen and oxygen atoms in total. The van der Waals surface area contributed by atoms with Gasteiger partial charge >= 0.3 is 0 Å². The van der Waals surface area contributed by atoms with Gasteiger partial charge in [-0.15, -0.1) is 0 Å². The Balaban J connectivity index is 1.09. The fourth-order valence-electron chi connectivity index (χ4n) is 13.9. The normalized spacial score (nSPS) is 12.3. The molecule has 0 aliphatic rings. The zero-order chi connectivity index (χ0) is 58.0. The first kappa shape index (κ1) is 51.1. The van der Waals surface area contributed by atoms with Crippen LogP contribution < -0.4 is 9.80 Å². The fourth-order valence-corrected chi connectivity index (χ4v) is 13.9. The van der Waals surface area contributed by atoms with E-state index in [0.717, 1.165) is 101 Å². The van der Waals surface area contributed by atoms with Crippen LogP contribution in [0.15, 0.2) is 279 Å². The number of benzene rings is 12. The van der Waals surface area contributed by atoms with E-state index in [1.165, 1.54) is 43.4 Å². The van der Waals surface area contributed by atoms with Gasteiger partial charge in [0.15, 0.2) is 0 Å². The van der Waals surface area contributed by atoms with Gasteiger partial charge in [0.25, 0.3) is 0 Å². The maximum absolute atomic E-state index is 2.58. The van der Waals surface area contributed by atoms with Gasteiger partial charge in [-0.2, -0.15) is 0 Å². The lowest BCUT2D eigenvalue weighted by molar-refractivity contribution is 0.595. The highest BCUT2D eigenvalue weighted by Gasteiger charge is 2.34. The van der Waals surface area contributed by atoms with Gasteiger partial charge in [0.05, 0.1) is 33.4 Å². The molecule has 0 amide bonds. The second kappa shape index (κ2) is 19.5. The van der Waals surface area contributed by atoms with Gasteiger partial charge in [0, 0.05) is 55.1 Å². The highest BCUT2D eigenvalue weighted by Crippen LogP contribution is 2.54. The molecule has 0 unspecified atom stereocenters. The van der Waals surface area contributed by atoms with E-state index in [9.17, 15) is 0 Å². The second-order valence-corrected chi connectivity index (χ2v) is 25.1. The standard InChI is InChI=1S/C80H64N6/c1-79(2,3)65-51-71(85(73-47-53-27-19-23-39-67(53)81(73)57-31-11-7-12-32-57)74-48-54-28-20-24-40-68(54)82(74)58-33-13-8-14-34-58)63-46-44-62-66(80(4,5)6)52-72(64-45-43-61(65)77(63)78(62)64)86(75-49-55-29-21-25-41-69(55)83(75)59-35-15-9-16-36-59)76-50-56-30-22-26-42-70(56)84(76)60-37-17-10-18-38-60/h7-52H,1-6H3. The monoisotopic (exact) mass is 1110 g/mol. The van der Waals surface area contributed by atoms with E-state index in [0.29, 0.717) is 0 Å². The van der Waals surface area contributed by atoms with Gasteiger partial charge < -0.3 is 0 Å². The smallest absolute Gasteiger partial charge is 0.124 e. The van der Waals surface area contributed by atoms with Crippen LogP contribution in [-0.4, -0.2) is 18.3 Å². The van der Waals surface area contributed by atoms with Crippen LogP contribution in [0.2, 0.25) is 0 Å². The van der Waals surface area contributed by atoms with Crippen molar-refractivity contribution in [2.45, 2.75) is 52.4 Å². The molecule has 0 aliphatic carbocycles. The molecule has 0 saturated carbocycles. The Kier molecular flexibility index (Phi) is 11.6. The molecule has 0 bridgehead atoms. The van der Waals surface area contributed by atoms with Crippen LogP contribution in [0.4, 0.5) is 34.6 Å². The van der Waals surface area contributed by atoms with E-state index in [2.05, 4.69) is 349 Å². The van der Waals surface area contributed by atoms with Crippen LogP contribution in [0.1, 0.15) is 52.7 Å². The largest absolute Gasteiger partial charge is 0.295 e. The summed E-state index contributed by atoms with van der Waals surface area (Å²) >= 11 is 0. The van der Waals surface area contributed by atoms with Crippen molar-refractivity contribution in [3.05, 3.63) is 290 Å². The van der Waals surface area contributed by atoms with Crippen molar-refractivity contribution in [2.75, 3.05) is 9.80 Å². The van der Waals surface area contributed by atoms with Crippen molar-refractivity contribution in [1.29, 1.82) is 0 Å². The summed E-state index contributed by atoms with van der Waals surface area (Å²) in [5.74, 6) is 4.16. The molecular formula is C80H64N6. The molecule has 0 atom stereocenters. The van der Waals surface area contributed by atoms with Crippen molar-refractivity contribution in [1.82, 2.24) is 18.3 Å². The zero-order valence-corrected chi connectivity index (χ0v) is 49.2. The SMILES string of the molecule is CC(C)(C)c1cc(N(c2cc3ccccc3n2-c2ccccc2)c2cc3ccccc3n2-c2ccccc2)c2ccc3c(C(C)(C)C)cc(N(c4cc5ccccc5n4-c4ccccc4)c4cc5ccccc5n4-c4ccccc4)c4ccc1c2c43. The van der Waals surface area contributed by atoms with Gasteiger partial charge in [-0.3, -0.25) is 28.1 Å². The average Bonchev–Trinajstić information content (AvgIpc) is 0.983. The number of hydrogen-bond donors (Lipinski definition) is 0. The molecule has 16 aromatic rings. The van der Waals surface area contributed by atoms with E-state index in [1.54, 1.807) is 0 Å². The maximum Gasteiger partial charge on any atom is 0.124 e. The van der Waals surface area contributed by atoms with E-state index in [4.69, 9.17) is 0 Å². The average molecular weight is 1110 g/mol. The lowest BCUT2D eigenvalue weighted by atomic mass is 9.77. The number of aromatic nitrogens is 4. The molecule has 0 aliphatic heterocycles. The number of nitrogens with zero attached hydrogens (tertiary/aromatic N) is 6. The molecule has 0 spiro atoms. The minimum Gasteiger partial charge on any atom is -0.295 e. The third-order valence-electron chi connectivity index (χ3n) is 17.7. The van der Waals surface area contributed by atoms with E-state index < -0.39 is 0 Å². The highest BCUT2D eigenvalue weighted by molar-refractivity contribution is 6.30. The molecule has 0 radical (unpaired) electrons. The molecule has 16 rings (SSSR count). The zero-order valence-electron chi connectivity index (χ0n) is 49.2. The number of rotatable bonds is 10. The third kappa shape index (κ3) is 8.00. The van der Waals surface area contributed by atoms with Crippen molar-refractivity contribution >= 4 is 111 Å². The Morgan fingerprint density at radius 2 is 0.477 bits per heavy atom. The van der Waals surface area contributed by atoms with E-state index in [-0.39, 0.29) is 10.8 Å². The lowest BCUT2D eigenvalue weighted by Gasteiger charge is -2.34. The van der Waals surface area contributed by atoms with Crippen LogP contribution in [0.3, 0.4) is 0 Å². The summed E-state index contributed by atoms with van der Waals surface area (Å²) in [6.07, 6.45) is 0. The Labute approximate surface area is 501 Å². The summed E-state index contributed by atoms with van der Waals surface area (Å²) in [5, 5.41) is 12.0. The second-order valence-electron chi connectivity index (χ2n) is 25.1. The summed E-state index contributed by atoms with van der Waals surface area (Å²) in [5.41, 5.74) is 13.1. The highest BCUT2D eigenvalue weighted by atomic mass is 15.3. The lowest BCUT2D eigenvalue weighted by Crippen LogP contribution is -2.21. The van der Waals surface area contributed by atoms with Crippen molar-refractivity contribution in [3.63, 3.8) is 0 Å². The molecule has 0 saturated heterocycles. The summed E-state index contributed by atoms with van der Waals surface area (Å²) in [6.45, 7) is 14.3. The third-order valence-corrected chi connectivity index (χ3v) is 17.7. The van der Waals surface area contributed by atoms with Crippen LogP contribution >= 0.6 is 0 Å². The molecule has 12 aromatic carbocycles. The Hall–Kier alpha value is -10.6. The van der Waals surface area contributed by atoms with Gasteiger partial charge in [-0.25, -0.2) is 0 Å². The van der Waals surface area contributed by atoms with Crippen LogP contribution in [-0.2, 0) is 10.8 Å². The van der Waals surface area contributed by atoms with Crippen LogP contribution in [0.5, 0.6) is 0 Å².